The highest BCUT2D eigenvalue weighted by Crippen LogP contribution is 2.19. The molecule has 1 fully saturated rings. The van der Waals surface area contributed by atoms with Gasteiger partial charge in [0.2, 0.25) is 5.95 Å². The van der Waals surface area contributed by atoms with Crippen LogP contribution in [0.25, 0.3) is 0 Å². The van der Waals surface area contributed by atoms with Gasteiger partial charge < -0.3 is 10.0 Å². The fourth-order valence-corrected chi connectivity index (χ4v) is 2.56. The van der Waals surface area contributed by atoms with Gasteiger partial charge in [0.1, 0.15) is 0 Å². The van der Waals surface area contributed by atoms with Gasteiger partial charge in [-0.05, 0) is 25.8 Å². The SMILES string of the molecule is CCc1cnc(N2C[C@@H](C)N(C(=O)O)[C@@H](C)C2)nc1. The second-order valence-electron chi connectivity index (χ2n) is 5.04. The van der Waals surface area contributed by atoms with E-state index in [1.54, 1.807) is 0 Å². The number of nitrogens with zero attached hydrogens (tertiary/aromatic N) is 4. The van der Waals surface area contributed by atoms with Gasteiger partial charge in [0.15, 0.2) is 0 Å². The number of amides is 1. The van der Waals surface area contributed by atoms with Crippen molar-refractivity contribution in [1.82, 2.24) is 14.9 Å². The molecule has 1 N–H and O–H groups in total. The minimum atomic E-state index is -0.859. The van der Waals surface area contributed by atoms with E-state index >= 15 is 0 Å². The predicted molar refractivity (Wildman–Crippen MR) is 72.4 cm³/mol. The van der Waals surface area contributed by atoms with Crippen molar-refractivity contribution in [3.63, 3.8) is 0 Å². The Hall–Kier alpha value is -1.85. The Morgan fingerprint density at radius 3 is 2.26 bits per heavy atom. The molecule has 0 spiro atoms. The van der Waals surface area contributed by atoms with Crippen molar-refractivity contribution >= 4 is 12.0 Å². The molecule has 0 saturated carbocycles. The van der Waals surface area contributed by atoms with Crippen molar-refractivity contribution in [2.75, 3.05) is 18.0 Å². The molecule has 1 aliphatic heterocycles. The van der Waals surface area contributed by atoms with Crippen LogP contribution in [0, 0.1) is 0 Å². The van der Waals surface area contributed by atoms with E-state index in [9.17, 15) is 9.90 Å². The summed E-state index contributed by atoms with van der Waals surface area (Å²) < 4.78 is 0. The number of hydrogen-bond donors (Lipinski definition) is 1. The Balaban J connectivity index is 2.12. The van der Waals surface area contributed by atoms with E-state index in [4.69, 9.17) is 0 Å². The summed E-state index contributed by atoms with van der Waals surface area (Å²) in [6.07, 6.45) is 3.73. The van der Waals surface area contributed by atoms with Crippen LogP contribution in [0.4, 0.5) is 10.7 Å². The standard InChI is InChI=1S/C13H20N4O2/c1-4-11-5-14-12(15-6-11)16-7-9(2)17(13(18)19)10(3)8-16/h5-6,9-10H,4,7-8H2,1-3H3,(H,18,19)/t9-,10+. The molecule has 0 radical (unpaired) electrons. The largest absolute Gasteiger partial charge is 0.465 e. The predicted octanol–water partition coefficient (Wildman–Crippen LogP) is 1.62. The van der Waals surface area contributed by atoms with E-state index in [0.29, 0.717) is 19.0 Å². The van der Waals surface area contributed by atoms with E-state index < -0.39 is 6.09 Å². The third-order valence-electron chi connectivity index (χ3n) is 3.52. The molecule has 2 rings (SSSR count). The highest BCUT2D eigenvalue weighted by Gasteiger charge is 2.33. The van der Waals surface area contributed by atoms with Crippen molar-refractivity contribution in [2.45, 2.75) is 39.3 Å². The Morgan fingerprint density at radius 2 is 1.84 bits per heavy atom. The quantitative estimate of drug-likeness (QED) is 0.879. The molecule has 6 nitrogen and oxygen atoms in total. The first-order chi connectivity index (χ1) is 9.02. The summed E-state index contributed by atoms with van der Waals surface area (Å²) >= 11 is 0. The molecule has 0 bridgehead atoms. The molecule has 0 aromatic carbocycles. The van der Waals surface area contributed by atoms with Crippen LogP contribution in [-0.2, 0) is 6.42 Å². The van der Waals surface area contributed by atoms with Crippen LogP contribution in [-0.4, -0.2) is 51.2 Å². The summed E-state index contributed by atoms with van der Waals surface area (Å²) in [6, 6.07) is -0.119. The van der Waals surface area contributed by atoms with Crippen LogP contribution in [0.3, 0.4) is 0 Å². The molecular formula is C13H20N4O2. The normalized spacial score (nSPS) is 23.5. The zero-order valence-corrected chi connectivity index (χ0v) is 11.6. The minimum absolute atomic E-state index is 0.0595. The minimum Gasteiger partial charge on any atom is -0.465 e. The second kappa shape index (κ2) is 5.42. The number of aromatic nitrogens is 2. The highest BCUT2D eigenvalue weighted by molar-refractivity contribution is 5.66. The van der Waals surface area contributed by atoms with E-state index in [-0.39, 0.29) is 12.1 Å². The van der Waals surface area contributed by atoms with Gasteiger partial charge in [0.05, 0.1) is 12.1 Å². The number of anilines is 1. The molecule has 6 heteroatoms. The molecule has 1 aromatic heterocycles. The van der Waals surface area contributed by atoms with Crippen LogP contribution < -0.4 is 4.90 Å². The Morgan fingerprint density at radius 1 is 1.32 bits per heavy atom. The molecule has 0 aliphatic carbocycles. The first kappa shape index (κ1) is 13.6. The second-order valence-corrected chi connectivity index (χ2v) is 5.04. The van der Waals surface area contributed by atoms with E-state index in [1.807, 2.05) is 31.1 Å². The first-order valence-corrected chi connectivity index (χ1v) is 6.60. The monoisotopic (exact) mass is 264 g/mol. The number of piperazine rings is 1. The summed E-state index contributed by atoms with van der Waals surface area (Å²) in [7, 11) is 0. The lowest BCUT2D eigenvalue weighted by atomic mass is 10.1. The first-order valence-electron chi connectivity index (χ1n) is 6.60. The van der Waals surface area contributed by atoms with Crippen LogP contribution in [0.5, 0.6) is 0 Å². The number of hydrogen-bond acceptors (Lipinski definition) is 4. The van der Waals surface area contributed by atoms with Gasteiger partial charge in [-0.3, -0.25) is 4.90 Å². The molecule has 2 atom stereocenters. The van der Waals surface area contributed by atoms with Gasteiger partial charge in [0.25, 0.3) is 0 Å². The zero-order valence-electron chi connectivity index (χ0n) is 11.6. The lowest BCUT2D eigenvalue weighted by molar-refractivity contribution is 0.0979. The number of carboxylic acid groups (broad SMARTS) is 1. The Bertz CT molecular complexity index is 436. The van der Waals surface area contributed by atoms with E-state index in [2.05, 4.69) is 16.9 Å². The summed E-state index contributed by atoms with van der Waals surface area (Å²) in [5.41, 5.74) is 1.11. The fourth-order valence-electron chi connectivity index (χ4n) is 2.56. The lowest BCUT2D eigenvalue weighted by Gasteiger charge is -2.42. The van der Waals surface area contributed by atoms with Crippen molar-refractivity contribution < 1.29 is 9.90 Å². The zero-order chi connectivity index (χ0) is 14.0. The summed E-state index contributed by atoms with van der Waals surface area (Å²) in [5, 5.41) is 9.18. The van der Waals surface area contributed by atoms with Gasteiger partial charge >= 0.3 is 6.09 Å². The summed E-state index contributed by atoms with van der Waals surface area (Å²) in [4.78, 5) is 23.4. The summed E-state index contributed by atoms with van der Waals surface area (Å²) in [5.74, 6) is 0.681. The number of carbonyl (C=O) groups is 1. The lowest BCUT2D eigenvalue weighted by Crippen LogP contribution is -2.58. The van der Waals surface area contributed by atoms with E-state index in [0.717, 1.165) is 12.0 Å². The Kier molecular flexibility index (Phi) is 3.87. The molecule has 1 aliphatic rings. The van der Waals surface area contributed by atoms with Crippen molar-refractivity contribution in [3.05, 3.63) is 18.0 Å². The molecule has 1 saturated heterocycles. The average Bonchev–Trinajstić information content (AvgIpc) is 2.37. The highest BCUT2D eigenvalue weighted by atomic mass is 16.4. The third-order valence-corrected chi connectivity index (χ3v) is 3.52. The van der Waals surface area contributed by atoms with Crippen LogP contribution in [0.2, 0.25) is 0 Å². The maximum atomic E-state index is 11.2. The van der Waals surface area contributed by atoms with Crippen molar-refractivity contribution in [2.24, 2.45) is 0 Å². The topological polar surface area (TPSA) is 69.6 Å². The third kappa shape index (κ3) is 2.77. The van der Waals surface area contributed by atoms with Crippen LogP contribution in [0.15, 0.2) is 12.4 Å². The molecule has 1 amide bonds. The van der Waals surface area contributed by atoms with Crippen molar-refractivity contribution in [1.29, 1.82) is 0 Å². The molecule has 2 heterocycles. The maximum absolute atomic E-state index is 11.2. The van der Waals surface area contributed by atoms with Crippen LogP contribution >= 0.6 is 0 Å². The van der Waals surface area contributed by atoms with Gasteiger partial charge in [-0.1, -0.05) is 6.92 Å². The van der Waals surface area contributed by atoms with E-state index in [1.165, 1.54) is 4.90 Å². The molecule has 1 aromatic rings. The summed E-state index contributed by atoms with van der Waals surface area (Å²) in [6.45, 7) is 7.15. The Labute approximate surface area is 113 Å². The van der Waals surface area contributed by atoms with Gasteiger partial charge in [0, 0.05) is 25.5 Å². The fraction of sp³-hybridized carbons (Fsp3) is 0.615. The molecule has 104 valence electrons. The van der Waals surface area contributed by atoms with Crippen LogP contribution in [0.1, 0.15) is 26.3 Å². The van der Waals surface area contributed by atoms with Crippen molar-refractivity contribution in [3.8, 4) is 0 Å². The molecular weight excluding hydrogens is 244 g/mol. The van der Waals surface area contributed by atoms with Gasteiger partial charge in [-0.2, -0.15) is 0 Å². The average molecular weight is 264 g/mol. The number of rotatable bonds is 2. The molecule has 0 unspecified atom stereocenters. The maximum Gasteiger partial charge on any atom is 0.407 e. The smallest absolute Gasteiger partial charge is 0.407 e. The van der Waals surface area contributed by atoms with Gasteiger partial charge in [-0.25, -0.2) is 14.8 Å². The van der Waals surface area contributed by atoms with Gasteiger partial charge in [-0.15, -0.1) is 0 Å². The molecule has 19 heavy (non-hydrogen) atoms. The number of aryl methyl sites for hydroxylation is 1.